The number of phenols is 7. The van der Waals surface area contributed by atoms with E-state index in [1.165, 1.54) is 53.4 Å². The Hall–Kier alpha value is -10.1. The number of anilines is 5. The summed E-state index contributed by atoms with van der Waals surface area (Å²) in [6, 6.07) is 10.6. The molecule has 2 fully saturated rings. The lowest BCUT2D eigenvalue weighted by Gasteiger charge is -2.36. The summed E-state index contributed by atoms with van der Waals surface area (Å²) in [6.45, 7) is -2.22. The number of aromatic nitrogens is 4. The summed E-state index contributed by atoms with van der Waals surface area (Å²) < 4.78 is 11.5. The van der Waals surface area contributed by atoms with E-state index < -0.39 is 175 Å². The minimum absolute atomic E-state index is 0.0331. The Labute approximate surface area is 458 Å². The van der Waals surface area contributed by atoms with E-state index in [0.717, 1.165) is 21.8 Å². The molecule has 4 aliphatic rings. The molecule has 2 saturated heterocycles. The number of benzene rings is 4. The topological polar surface area (TPSA) is 511 Å². The van der Waals surface area contributed by atoms with E-state index in [1.807, 2.05) is 0 Å². The van der Waals surface area contributed by atoms with Gasteiger partial charge in [0.25, 0.3) is 29.5 Å². The molecule has 2 aromatic heterocycles. The number of nitrogens with zero attached hydrogens (tertiary/aromatic N) is 8. The van der Waals surface area contributed by atoms with Gasteiger partial charge in [0.05, 0.1) is 37.9 Å². The van der Waals surface area contributed by atoms with E-state index in [4.69, 9.17) is 26.7 Å². The molecular formula is C50H49N11O21. The normalized spacial score (nSPS) is 18.4. The lowest BCUT2D eigenvalue weighted by atomic mass is 9.95. The number of hydrogen-bond donors (Lipinski definition) is 16. The fourth-order valence-electron chi connectivity index (χ4n) is 10.5. The predicted octanol–water partition coefficient (Wildman–Crippen LogP) is -1.99. The number of aliphatic hydroxyl groups is 6. The first kappa shape index (κ1) is 55.2. The fourth-order valence-corrected chi connectivity index (χ4v) is 10.5. The Morgan fingerprint density at radius 3 is 1.45 bits per heavy atom. The second kappa shape index (κ2) is 19.3. The Morgan fingerprint density at radius 1 is 0.598 bits per heavy atom. The van der Waals surface area contributed by atoms with Gasteiger partial charge in [0, 0.05) is 54.6 Å². The summed E-state index contributed by atoms with van der Waals surface area (Å²) in [4.78, 5) is 84.2. The number of phenolic OH excluding ortho intramolecular Hbond substituents is 7. The van der Waals surface area contributed by atoms with Gasteiger partial charge in [-0.3, -0.25) is 28.8 Å². The number of nitrogens with two attached hydrogens (primary N) is 3. The summed E-state index contributed by atoms with van der Waals surface area (Å²) in [5.74, 6) is -25.5. The van der Waals surface area contributed by atoms with Gasteiger partial charge in [-0.1, -0.05) is 0 Å². The number of β-amino-alcohol motifs (C(OH)–C–C–N with tert-alkyl or cyclic N) is 4. The van der Waals surface area contributed by atoms with Crippen LogP contribution in [-0.4, -0.2) is 167 Å². The van der Waals surface area contributed by atoms with Gasteiger partial charge in [0.15, 0.2) is 51.5 Å². The van der Waals surface area contributed by atoms with Crippen LogP contribution in [0.25, 0.3) is 11.4 Å². The minimum Gasteiger partial charge on any atom is -0.504 e. The van der Waals surface area contributed by atoms with Crippen molar-refractivity contribution in [3.63, 3.8) is 0 Å². The molecule has 0 bridgehead atoms. The lowest BCUT2D eigenvalue weighted by Crippen LogP contribution is -2.53. The van der Waals surface area contributed by atoms with Crippen molar-refractivity contribution >= 4 is 63.9 Å². The van der Waals surface area contributed by atoms with Crippen molar-refractivity contribution in [3.05, 3.63) is 82.4 Å². The smallest absolute Gasteiger partial charge is 0.286 e. The van der Waals surface area contributed by atoms with Crippen LogP contribution in [0.5, 0.6) is 51.7 Å². The largest absolute Gasteiger partial charge is 0.504 e. The van der Waals surface area contributed by atoms with Crippen LogP contribution in [0.15, 0.2) is 48.5 Å². The monoisotopic (exact) mass is 1140 g/mol. The quantitative estimate of drug-likeness (QED) is 0.0273. The number of rotatable bonds is 12. The number of aromatic hydroxyl groups is 7. The molecule has 32 heteroatoms. The number of carbonyl (C=O) groups is 6. The van der Waals surface area contributed by atoms with Crippen molar-refractivity contribution in [1.82, 2.24) is 19.6 Å². The van der Waals surface area contributed by atoms with Crippen LogP contribution >= 0.6 is 0 Å². The summed E-state index contributed by atoms with van der Waals surface area (Å²) in [7, 11) is 0.979. The minimum atomic E-state index is -3.11. The average Bonchev–Trinajstić information content (AvgIpc) is 4.25. The van der Waals surface area contributed by atoms with Gasteiger partial charge < -0.3 is 113 Å². The molecular weight excluding hydrogens is 1090 g/mol. The Balaban J connectivity index is 0.895. The lowest BCUT2D eigenvalue weighted by molar-refractivity contribution is -0.188. The zero-order valence-electron chi connectivity index (χ0n) is 42.4. The van der Waals surface area contributed by atoms with Crippen LogP contribution in [0.4, 0.5) is 28.4 Å². The van der Waals surface area contributed by atoms with Gasteiger partial charge in [0.1, 0.15) is 17.1 Å². The zero-order chi connectivity index (χ0) is 59.6. The molecule has 0 saturated carbocycles. The Morgan fingerprint density at radius 2 is 1.01 bits per heavy atom. The van der Waals surface area contributed by atoms with Crippen molar-refractivity contribution in [2.45, 2.75) is 43.0 Å². The molecule has 6 heterocycles. The number of methoxy groups -OCH3 is 1. The molecule has 4 aliphatic heterocycles. The first-order valence-electron chi connectivity index (χ1n) is 24.4. The van der Waals surface area contributed by atoms with Crippen molar-refractivity contribution in [1.29, 1.82) is 0 Å². The molecule has 0 radical (unpaired) electrons. The maximum atomic E-state index is 14.4. The van der Waals surface area contributed by atoms with Gasteiger partial charge in [-0.2, -0.15) is 10.2 Å². The average molecular weight is 1140 g/mol. The van der Waals surface area contributed by atoms with Gasteiger partial charge in [-0.25, -0.2) is 9.36 Å². The number of carbonyl (C=O) groups excluding carboxylic acids is 6. The maximum Gasteiger partial charge on any atom is 0.286 e. The predicted molar refractivity (Wildman–Crippen MR) is 275 cm³/mol. The molecule has 82 heavy (non-hydrogen) atoms. The highest BCUT2D eigenvalue weighted by molar-refractivity contribution is 6.12. The number of ether oxygens (including phenoxy) is 2. The second-order valence-corrected chi connectivity index (χ2v) is 19.7. The maximum absolute atomic E-state index is 14.4. The second-order valence-electron chi connectivity index (χ2n) is 19.7. The summed E-state index contributed by atoms with van der Waals surface area (Å²) >= 11 is 0. The van der Waals surface area contributed by atoms with Crippen LogP contribution < -0.4 is 46.3 Å². The molecule has 430 valence electrons. The van der Waals surface area contributed by atoms with E-state index in [0.29, 0.717) is 9.36 Å². The molecule has 1 unspecified atom stereocenters. The molecule has 6 amide bonds. The van der Waals surface area contributed by atoms with Gasteiger partial charge in [-0.05, 0) is 61.4 Å². The van der Waals surface area contributed by atoms with Crippen LogP contribution in [-0.2, 0) is 21.2 Å². The highest BCUT2D eigenvalue weighted by atomic mass is 16.5. The van der Waals surface area contributed by atoms with Crippen molar-refractivity contribution < 1.29 is 105 Å². The highest BCUT2D eigenvalue weighted by Crippen LogP contribution is 2.55. The number of hydrogen-bond acceptors (Lipinski definition) is 24. The SMILES string of the molecule is COc1c(O)c(O)c(-n2nc(C(N)=O)c3c2C(=O)N(c2ccc(N4CC(COc5c(N)c(O)c(-n6nc(C(N)=O)c7c6C(=O)N(c6ccc(N8CCCC(O)(O)C8=O)cc6)CC7(O)O)c(O)c5O)CCC4=O)cc2)CC3(O)O)c(O)c1O. The number of fused-ring (bicyclic) bond motifs is 2. The molecule has 0 aliphatic carbocycles. The van der Waals surface area contributed by atoms with Gasteiger partial charge >= 0.3 is 0 Å². The van der Waals surface area contributed by atoms with Crippen LogP contribution in [0.2, 0.25) is 0 Å². The van der Waals surface area contributed by atoms with Crippen LogP contribution in [0.1, 0.15) is 78.8 Å². The number of primary amides is 2. The number of amides is 6. The van der Waals surface area contributed by atoms with E-state index >= 15 is 0 Å². The molecule has 1 atom stereocenters. The van der Waals surface area contributed by atoms with Crippen LogP contribution in [0, 0.1) is 5.92 Å². The standard InChI is InChI=1S/C50H49N11O21/c1-81-42-39(68)36(65)33(37(66)40(42)69)61-31-26(29(55-61)44(53)71)50(79,80)18-59(46(31)73)23-10-6-21(7-11-23)57-15-19(3-12-24(57)62)16-82-41-27(51)34(63)32(35(64)38(41)67)60-30-25(28(54-60)43(52)70)49(77,78)17-58(45(30)72)22-8-4-20(5-9-22)56-14-2-13-48(75,76)47(56)74/h4-11,19,63-69,75-80H,2-3,12-18,51H2,1H3,(H2,52,70)(H2,53,71). The van der Waals surface area contributed by atoms with E-state index in [2.05, 4.69) is 10.2 Å². The van der Waals surface area contributed by atoms with Gasteiger partial charge in [-0.15, -0.1) is 0 Å². The summed E-state index contributed by atoms with van der Waals surface area (Å²) in [5.41, 5.74) is 9.76. The van der Waals surface area contributed by atoms with Crippen molar-refractivity contribution in [3.8, 4) is 63.1 Å². The fraction of sp³-hybridized carbons (Fsp3) is 0.280. The third-order valence-electron chi connectivity index (χ3n) is 14.4. The van der Waals surface area contributed by atoms with E-state index in [9.17, 15) is 95.2 Å². The third-order valence-corrected chi connectivity index (χ3v) is 14.4. The summed E-state index contributed by atoms with van der Waals surface area (Å²) in [6.07, 6.45) is 0.147. The van der Waals surface area contributed by atoms with E-state index in [1.54, 1.807) is 0 Å². The molecule has 6 aromatic rings. The first-order chi connectivity index (χ1) is 38.5. The third kappa shape index (κ3) is 8.55. The number of piperidine rings is 2. The molecule has 32 nitrogen and oxygen atoms in total. The molecule has 4 aromatic carbocycles. The molecule has 0 spiro atoms. The Kier molecular flexibility index (Phi) is 13.0. The van der Waals surface area contributed by atoms with Crippen molar-refractivity contribution in [2.24, 2.45) is 17.4 Å². The van der Waals surface area contributed by atoms with E-state index in [-0.39, 0.29) is 68.1 Å². The summed E-state index contributed by atoms with van der Waals surface area (Å²) in [5, 5.41) is 151. The highest BCUT2D eigenvalue weighted by Gasteiger charge is 2.51. The molecule has 19 N–H and O–H groups in total. The number of nitrogen functional groups attached to an aromatic ring is 1. The van der Waals surface area contributed by atoms with Crippen LogP contribution in [0.3, 0.4) is 0 Å². The van der Waals surface area contributed by atoms with Gasteiger partial charge in [0.2, 0.25) is 46.3 Å². The molecule has 10 rings (SSSR count). The Bertz CT molecular complexity index is 3680. The zero-order valence-corrected chi connectivity index (χ0v) is 42.4. The van der Waals surface area contributed by atoms with Crippen molar-refractivity contribution in [2.75, 3.05) is 65.2 Å². The first-order valence-corrected chi connectivity index (χ1v) is 24.4.